The number of β-amino-alcohol motifs (C(OH)–C–C–N with tert-alkyl or cyclic N) is 1. The van der Waals surface area contributed by atoms with Gasteiger partial charge in [0, 0.05) is 38.3 Å². The molecule has 6 heteroatoms. The number of ether oxygens (including phenoxy) is 1. The van der Waals surface area contributed by atoms with Gasteiger partial charge in [-0.2, -0.15) is 0 Å². The summed E-state index contributed by atoms with van der Waals surface area (Å²) in [5.74, 6) is -0.314. The summed E-state index contributed by atoms with van der Waals surface area (Å²) >= 11 is 0. The van der Waals surface area contributed by atoms with Crippen molar-refractivity contribution < 1.29 is 19.0 Å². The summed E-state index contributed by atoms with van der Waals surface area (Å²) in [4.78, 5) is 17.0. The van der Waals surface area contributed by atoms with Crippen molar-refractivity contribution >= 4 is 5.91 Å². The Morgan fingerprint density at radius 2 is 2.00 bits per heavy atom. The summed E-state index contributed by atoms with van der Waals surface area (Å²) < 4.78 is 19.6. The van der Waals surface area contributed by atoms with E-state index in [9.17, 15) is 14.3 Å². The second-order valence-electron chi connectivity index (χ2n) is 8.71. The van der Waals surface area contributed by atoms with Crippen molar-refractivity contribution in [1.82, 2.24) is 9.80 Å². The molecule has 2 aromatic carbocycles. The van der Waals surface area contributed by atoms with Crippen molar-refractivity contribution in [2.75, 3.05) is 39.3 Å². The van der Waals surface area contributed by atoms with E-state index in [1.165, 1.54) is 12.1 Å². The van der Waals surface area contributed by atoms with Crippen LogP contribution in [0.1, 0.15) is 29.8 Å². The van der Waals surface area contributed by atoms with E-state index in [1.807, 2.05) is 30.3 Å². The molecule has 0 saturated carbocycles. The largest absolute Gasteiger partial charge is 0.391 e. The van der Waals surface area contributed by atoms with E-state index >= 15 is 0 Å². The Bertz CT molecular complexity index is 831. The Kier molecular flexibility index (Phi) is 8.58. The van der Waals surface area contributed by atoms with Gasteiger partial charge in [-0.05, 0) is 36.1 Å². The average Bonchev–Trinajstić information content (AvgIpc) is 2.73. The smallest absolute Gasteiger partial charge is 0.254 e. The fraction of sp³-hybridized carbons (Fsp3) is 0.480. The molecule has 1 aliphatic heterocycles. The predicted octanol–water partition coefficient (Wildman–Crippen LogP) is 3.23. The highest BCUT2D eigenvalue weighted by Gasteiger charge is 2.27. The zero-order valence-electron chi connectivity index (χ0n) is 18.4. The van der Waals surface area contributed by atoms with Crippen LogP contribution in [0.4, 0.5) is 4.39 Å². The quantitative estimate of drug-likeness (QED) is 0.666. The molecule has 0 bridgehead atoms. The number of nitrogens with zero attached hydrogens (tertiary/aromatic N) is 2. The van der Waals surface area contributed by atoms with Crippen LogP contribution in [0.15, 0.2) is 54.6 Å². The SMILES string of the molecule is CC(C)CN(C[C@H]1CN(C[C@@H](O)Cc2ccccc2)CCO1)C(=O)c1cccc(F)c1. The number of hydrogen-bond acceptors (Lipinski definition) is 4. The number of rotatable bonds is 9. The number of amides is 1. The number of halogens is 1. The van der Waals surface area contributed by atoms with E-state index in [1.54, 1.807) is 17.0 Å². The van der Waals surface area contributed by atoms with Gasteiger partial charge in [0.05, 0.1) is 18.8 Å². The monoisotopic (exact) mass is 428 g/mol. The Morgan fingerprint density at radius 3 is 2.71 bits per heavy atom. The van der Waals surface area contributed by atoms with Crippen LogP contribution >= 0.6 is 0 Å². The molecule has 1 fully saturated rings. The van der Waals surface area contributed by atoms with Crippen LogP contribution in [0, 0.1) is 11.7 Å². The number of hydrogen-bond donors (Lipinski definition) is 1. The van der Waals surface area contributed by atoms with Gasteiger partial charge in [-0.25, -0.2) is 4.39 Å². The molecule has 0 unspecified atom stereocenters. The van der Waals surface area contributed by atoms with Gasteiger partial charge in [-0.3, -0.25) is 9.69 Å². The molecule has 5 nitrogen and oxygen atoms in total. The normalized spacial score (nSPS) is 18.2. The van der Waals surface area contributed by atoms with Crippen LogP contribution in [0.2, 0.25) is 0 Å². The third-order valence-electron chi connectivity index (χ3n) is 5.37. The molecular formula is C25H33FN2O3. The van der Waals surface area contributed by atoms with Crippen LogP contribution in [-0.4, -0.2) is 72.4 Å². The van der Waals surface area contributed by atoms with Crippen molar-refractivity contribution in [1.29, 1.82) is 0 Å². The lowest BCUT2D eigenvalue weighted by Gasteiger charge is -2.37. The minimum atomic E-state index is -0.457. The maximum atomic E-state index is 13.6. The standard InChI is InChI=1S/C25H33FN2O3/c1-19(2)15-28(25(30)21-9-6-10-22(26)14-21)18-24-17-27(11-12-31-24)16-23(29)13-20-7-4-3-5-8-20/h3-10,14,19,23-24,29H,11-13,15-18H2,1-2H3/t23-,24+/m0/s1. The van der Waals surface area contributed by atoms with Crippen molar-refractivity contribution in [2.45, 2.75) is 32.5 Å². The first-order valence-electron chi connectivity index (χ1n) is 11.0. The van der Waals surface area contributed by atoms with Crippen LogP contribution in [0.25, 0.3) is 0 Å². The van der Waals surface area contributed by atoms with Crippen LogP contribution in [-0.2, 0) is 11.2 Å². The minimum absolute atomic E-state index is 0.145. The summed E-state index contributed by atoms with van der Waals surface area (Å²) in [6.45, 7) is 7.66. The summed E-state index contributed by atoms with van der Waals surface area (Å²) in [5.41, 5.74) is 1.47. The molecule has 3 rings (SSSR count). The van der Waals surface area contributed by atoms with Gasteiger partial charge in [0.2, 0.25) is 0 Å². The molecule has 2 aromatic rings. The Morgan fingerprint density at radius 1 is 1.23 bits per heavy atom. The third kappa shape index (κ3) is 7.42. The van der Waals surface area contributed by atoms with Crippen LogP contribution in [0.5, 0.6) is 0 Å². The van der Waals surface area contributed by atoms with Gasteiger partial charge >= 0.3 is 0 Å². The van der Waals surface area contributed by atoms with E-state index in [0.717, 1.165) is 12.1 Å². The van der Waals surface area contributed by atoms with Gasteiger partial charge in [-0.1, -0.05) is 50.2 Å². The highest BCUT2D eigenvalue weighted by molar-refractivity contribution is 5.94. The van der Waals surface area contributed by atoms with Crippen LogP contribution in [0.3, 0.4) is 0 Å². The van der Waals surface area contributed by atoms with Gasteiger partial charge in [0.25, 0.3) is 5.91 Å². The second kappa shape index (κ2) is 11.4. The summed E-state index contributed by atoms with van der Waals surface area (Å²) in [6.07, 6.45) is 0.0104. The molecule has 1 N–H and O–H groups in total. The molecule has 0 spiro atoms. The highest BCUT2D eigenvalue weighted by atomic mass is 19.1. The fourth-order valence-corrected chi connectivity index (χ4v) is 4.04. The zero-order chi connectivity index (χ0) is 22.2. The number of carbonyl (C=O) groups is 1. The van der Waals surface area contributed by atoms with Crippen molar-refractivity contribution in [3.63, 3.8) is 0 Å². The topological polar surface area (TPSA) is 53.0 Å². The van der Waals surface area contributed by atoms with Crippen molar-refractivity contribution in [2.24, 2.45) is 5.92 Å². The number of benzene rings is 2. The predicted molar refractivity (Wildman–Crippen MR) is 119 cm³/mol. The van der Waals surface area contributed by atoms with Gasteiger partial charge in [-0.15, -0.1) is 0 Å². The minimum Gasteiger partial charge on any atom is -0.391 e. The van der Waals surface area contributed by atoms with E-state index < -0.39 is 11.9 Å². The molecular weight excluding hydrogens is 395 g/mol. The van der Waals surface area contributed by atoms with Gasteiger partial charge in [0.1, 0.15) is 5.82 Å². The van der Waals surface area contributed by atoms with E-state index in [-0.39, 0.29) is 17.9 Å². The van der Waals surface area contributed by atoms with Crippen LogP contribution < -0.4 is 0 Å². The maximum Gasteiger partial charge on any atom is 0.254 e. The second-order valence-corrected chi connectivity index (χ2v) is 8.71. The van der Waals surface area contributed by atoms with Gasteiger partial charge < -0.3 is 14.7 Å². The molecule has 0 radical (unpaired) electrons. The zero-order valence-corrected chi connectivity index (χ0v) is 18.4. The first-order valence-corrected chi connectivity index (χ1v) is 11.0. The lowest BCUT2D eigenvalue weighted by atomic mass is 10.1. The molecule has 1 aliphatic rings. The Balaban J connectivity index is 1.58. The molecule has 31 heavy (non-hydrogen) atoms. The number of morpholine rings is 1. The maximum absolute atomic E-state index is 13.6. The highest BCUT2D eigenvalue weighted by Crippen LogP contribution is 2.14. The van der Waals surface area contributed by atoms with E-state index in [4.69, 9.17) is 4.74 Å². The summed E-state index contributed by atoms with van der Waals surface area (Å²) in [6, 6.07) is 15.8. The lowest BCUT2D eigenvalue weighted by Crippen LogP contribution is -2.51. The average molecular weight is 429 g/mol. The molecule has 1 heterocycles. The Hall–Kier alpha value is -2.28. The van der Waals surface area contributed by atoms with Crippen molar-refractivity contribution in [3.05, 3.63) is 71.5 Å². The summed E-state index contributed by atoms with van der Waals surface area (Å²) in [7, 11) is 0. The number of carbonyl (C=O) groups excluding carboxylic acids is 1. The van der Waals surface area contributed by atoms with E-state index in [2.05, 4.69) is 18.7 Å². The molecule has 2 atom stereocenters. The van der Waals surface area contributed by atoms with Crippen molar-refractivity contribution in [3.8, 4) is 0 Å². The van der Waals surface area contributed by atoms with Gasteiger partial charge in [0.15, 0.2) is 0 Å². The number of aliphatic hydroxyl groups is 1. The summed E-state index contributed by atoms with van der Waals surface area (Å²) in [5, 5.41) is 10.5. The first kappa shape index (κ1) is 23.4. The first-order chi connectivity index (χ1) is 14.9. The number of aliphatic hydroxyl groups excluding tert-OH is 1. The molecule has 1 saturated heterocycles. The third-order valence-corrected chi connectivity index (χ3v) is 5.37. The lowest BCUT2D eigenvalue weighted by molar-refractivity contribution is -0.0510. The molecule has 0 aliphatic carbocycles. The molecule has 168 valence electrons. The molecule has 0 aromatic heterocycles. The molecule has 1 amide bonds. The van der Waals surface area contributed by atoms with E-state index in [0.29, 0.717) is 44.8 Å². The fourth-order valence-electron chi connectivity index (χ4n) is 4.04. The Labute approximate surface area is 184 Å².